The third-order valence-electron chi connectivity index (χ3n) is 4.32. The lowest BCUT2D eigenvalue weighted by molar-refractivity contribution is 0.124. The molecule has 2 amide bonds. The van der Waals surface area contributed by atoms with E-state index in [9.17, 15) is 4.79 Å². The van der Waals surface area contributed by atoms with Gasteiger partial charge in [0.1, 0.15) is 5.82 Å². The molecule has 23 heavy (non-hydrogen) atoms. The number of rotatable bonds is 4. The lowest BCUT2D eigenvalue weighted by Crippen LogP contribution is -2.54. The molecule has 0 bridgehead atoms. The minimum absolute atomic E-state index is 0.0467. The third kappa shape index (κ3) is 3.05. The maximum absolute atomic E-state index is 12.1. The number of urea groups is 1. The van der Waals surface area contributed by atoms with Gasteiger partial charge in [0.25, 0.3) is 0 Å². The van der Waals surface area contributed by atoms with Gasteiger partial charge in [-0.2, -0.15) is 0 Å². The van der Waals surface area contributed by atoms with E-state index >= 15 is 0 Å². The van der Waals surface area contributed by atoms with Crippen molar-refractivity contribution in [2.24, 2.45) is 5.92 Å². The molecule has 2 aromatic rings. The third-order valence-corrected chi connectivity index (χ3v) is 4.32. The highest BCUT2D eigenvalue weighted by molar-refractivity contribution is 5.77. The van der Waals surface area contributed by atoms with Crippen LogP contribution >= 0.6 is 0 Å². The number of hydrogen-bond donors (Lipinski definition) is 1. The number of likely N-dealkylation sites (tertiary alicyclic amines) is 1. The molecule has 1 aliphatic rings. The fraction of sp³-hybridized carbons (Fsp3) is 0.556. The zero-order valence-electron chi connectivity index (χ0n) is 14.4. The van der Waals surface area contributed by atoms with Gasteiger partial charge in [-0.25, -0.2) is 9.78 Å². The predicted octanol–water partition coefficient (Wildman–Crippen LogP) is 3.38. The second-order valence-electron chi connectivity index (χ2n) is 7.12. The number of hydrogen-bond acceptors (Lipinski definition) is 2. The molecule has 0 saturated carbocycles. The summed E-state index contributed by atoms with van der Waals surface area (Å²) in [6, 6.07) is 8.63. The first-order valence-corrected chi connectivity index (χ1v) is 8.47. The van der Waals surface area contributed by atoms with Gasteiger partial charge in [0.2, 0.25) is 0 Å². The highest BCUT2D eigenvalue weighted by atomic mass is 16.2. The molecule has 3 rings (SSSR count). The molecular weight excluding hydrogens is 288 g/mol. The van der Waals surface area contributed by atoms with Crippen molar-refractivity contribution in [2.75, 3.05) is 19.6 Å². The summed E-state index contributed by atoms with van der Waals surface area (Å²) >= 11 is 0. The molecule has 0 aliphatic carbocycles. The lowest BCUT2D eigenvalue weighted by Gasteiger charge is -2.41. The monoisotopic (exact) mass is 314 g/mol. The molecule has 1 saturated heterocycles. The molecular formula is C18H26N4O. The fourth-order valence-corrected chi connectivity index (χ4v) is 3.04. The van der Waals surface area contributed by atoms with Crippen molar-refractivity contribution in [2.45, 2.75) is 39.7 Å². The molecule has 5 heteroatoms. The second kappa shape index (κ2) is 6.22. The van der Waals surface area contributed by atoms with Gasteiger partial charge in [-0.15, -0.1) is 0 Å². The number of carbonyl (C=O) groups excluding carboxylic acids is 1. The van der Waals surface area contributed by atoms with Crippen molar-refractivity contribution in [1.29, 1.82) is 0 Å². The van der Waals surface area contributed by atoms with Crippen molar-refractivity contribution in [3.05, 3.63) is 30.1 Å². The van der Waals surface area contributed by atoms with Crippen molar-refractivity contribution >= 4 is 17.1 Å². The molecule has 0 radical (unpaired) electrons. The molecule has 0 unspecified atom stereocenters. The largest absolute Gasteiger partial charge is 0.338 e. The first-order chi connectivity index (χ1) is 11.0. The minimum atomic E-state index is 0.0467. The zero-order valence-corrected chi connectivity index (χ0v) is 14.4. The van der Waals surface area contributed by atoms with Crippen LogP contribution in [0.15, 0.2) is 24.3 Å². The summed E-state index contributed by atoms with van der Waals surface area (Å²) in [7, 11) is 0. The smallest absolute Gasteiger partial charge is 0.317 e. The van der Waals surface area contributed by atoms with Crippen LogP contribution in [-0.2, 0) is 0 Å². The van der Waals surface area contributed by atoms with Gasteiger partial charge in [0.15, 0.2) is 0 Å². The van der Waals surface area contributed by atoms with Crippen LogP contribution in [0.1, 0.15) is 45.5 Å². The molecule has 1 N–H and O–H groups in total. The van der Waals surface area contributed by atoms with E-state index in [1.165, 1.54) is 5.52 Å². The van der Waals surface area contributed by atoms with Gasteiger partial charge in [-0.05, 0) is 18.1 Å². The normalized spacial score (nSPS) is 15.5. The van der Waals surface area contributed by atoms with Gasteiger partial charge in [0.05, 0.1) is 17.1 Å². The molecule has 0 spiro atoms. The molecule has 1 fully saturated rings. The Morgan fingerprint density at radius 2 is 1.96 bits per heavy atom. The van der Waals surface area contributed by atoms with Crippen LogP contribution in [0.4, 0.5) is 4.79 Å². The van der Waals surface area contributed by atoms with Crippen LogP contribution in [0, 0.1) is 5.92 Å². The Morgan fingerprint density at radius 3 is 2.61 bits per heavy atom. The second-order valence-corrected chi connectivity index (χ2v) is 7.12. The van der Waals surface area contributed by atoms with E-state index in [-0.39, 0.29) is 6.03 Å². The van der Waals surface area contributed by atoms with E-state index in [0.717, 1.165) is 31.0 Å². The predicted molar refractivity (Wildman–Crippen MR) is 92.7 cm³/mol. The van der Waals surface area contributed by atoms with E-state index in [0.29, 0.717) is 17.9 Å². The SMILES string of the molecule is CC(C)CNC(=O)N1CC(n2c(C(C)C)nc3ccccc32)C1. The maximum atomic E-state index is 12.1. The van der Waals surface area contributed by atoms with Gasteiger partial charge < -0.3 is 14.8 Å². The Labute approximate surface area is 137 Å². The molecule has 1 aliphatic heterocycles. The number of imidazole rings is 1. The highest BCUT2D eigenvalue weighted by Gasteiger charge is 2.34. The summed E-state index contributed by atoms with van der Waals surface area (Å²) in [5.41, 5.74) is 2.21. The van der Waals surface area contributed by atoms with Crippen LogP contribution in [0.3, 0.4) is 0 Å². The molecule has 1 aromatic carbocycles. The summed E-state index contributed by atoms with van der Waals surface area (Å²) in [4.78, 5) is 18.8. The summed E-state index contributed by atoms with van der Waals surface area (Å²) in [6.45, 7) is 10.8. The highest BCUT2D eigenvalue weighted by Crippen LogP contribution is 2.30. The Bertz CT molecular complexity index is 698. The number of fused-ring (bicyclic) bond motifs is 1. The van der Waals surface area contributed by atoms with Gasteiger partial charge in [-0.1, -0.05) is 39.8 Å². The Hall–Kier alpha value is -2.04. The molecule has 0 atom stereocenters. The van der Waals surface area contributed by atoms with Crippen molar-refractivity contribution in [3.63, 3.8) is 0 Å². The van der Waals surface area contributed by atoms with E-state index in [1.807, 2.05) is 11.0 Å². The van der Waals surface area contributed by atoms with Gasteiger partial charge in [0, 0.05) is 25.6 Å². The van der Waals surface area contributed by atoms with Crippen molar-refractivity contribution in [1.82, 2.24) is 19.8 Å². The standard InChI is InChI=1S/C18H26N4O/c1-12(2)9-19-18(23)21-10-14(11-21)22-16-8-6-5-7-15(16)20-17(22)13(3)4/h5-8,12-14H,9-11H2,1-4H3,(H,19,23). The van der Waals surface area contributed by atoms with E-state index in [1.54, 1.807) is 0 Å². The van der Waals surface area contributed by atoms with E-state index in [2.05, 4.69) is 55.8 Å². The minimum Gasteiger partial charge on any atom is -0.338 e. The Kier molecular flexibility index (Phi) is 4.28. The number of aromatic nitrogens is 2. The Balaban J connectivity index is 1.75. The Morgan fingerprint density at radius 1 is 1.26 bits per heavy atom. The first kappa shape index (κ1) is 15.8. The number of para-hydroxylation sites is 2. The van der Waals surface area contributed by atoms with Gasteiger partial charge in [-0.3, -0.25) is 0 Å². The van der Waals surface area contributed by atoms with Crippen LogP contribution in [0.2, 0.25) is 0 Å². The summed E-state index contributed by atoms with van der Waals surface area (Å²) in [6.07, 6.45) is 0. The number of nitrogens with one attached hydrogen (secondary N) is 1. The summed E-state index contributed by atoms with van der Waals surface area (Å²) in [5.74, 6) is 1.95. The van der Waals surface area contributed by atoms with Crippen LogP contribution in [0.5, 0.6) is 0 Å². The molecule has 124 valence electrons. The summed E-state index contributed by atoms with van der Waals surface area (Å²) < 4.78 is 2.33. The first-order valence-electron chi connectivity index (χ1n) is 8.47. The lowest BCUT2D eigenvalue weighted by atomic mass is 10.1. The van der Waals surface area contributed by atoms with Crippen molar-refractivity contribution in [3.8, 4) is 0 Å². The molecule has 2 heterocycles. The quantitative estimate of drug-likeness (QED) is 0.940. The number of amides is 2. The number of carbonyl (C=O) groups is 1. The zero-order chi connectivity index (χ0) is 16.6. The fourth-order valence-electron chi connectivity index (χ4n) is 3.04. The maximum Gasteiger partial charge on any atom is 0.317 e. The average molecular weight is 314 g/mol. The molecule has 1 aromatic heterocycles. The van der Waals surface area contributed by atoms with Crippen LogP contribution < -0.4 is 5.32 Å². The molecule has 5 nitrogen and oxygen atoms in total. The average Bonchev–Trinajstić information content (AvgIpc) is 2.83. The van der Waals surface area contributed by atoms with E-state index in [4.69, 9.17) is 4.98 Å². The topological polar surface area (TPSA) is 50.2 Å². The number of benzene rings is 1. The van der Waals surface area contributed by atoms with E-state index < -0.39 is 0 Å². The number of nitrogens with zero attached hydrogens (tertiary/aromatic N) is 3. The van der Waals surface area contributed by atoms with Crippen molar-refractivity contribution < 1.29 is 4.79 Å². The summed E-state index contributed by atoms with van der Waals surface area (Å²) in [5, 5.41) is 2.99. The van der Waals surface area contributed by atoms with Crippen LogP contribution in [-0.4, -0.2) is 40.1 Å². The van der Waals surface area contributed by atoms with Gasteiger partial charge >= 0.3 is 6.03 Å². The van der Waals surface area contributed by atoms with Crippen LogP contribution in [0.25, 0.3) is 11.0 Å².